The van der Waals surface area contributed by atoms with Gasteiger partial charge in [-0.05, 0) is 12.8 Å². The number of fused-ring (bicyclic) bond motifs is 1. The molecule has 17 heavy (non-hydrogen) atoms. The number of carbonyl (C=O) groups is 1. The lowest BCUT2D eigenvalue weighted by atomic mass is 9.95. The second kappa shape index (κ2) is 5.91. The molecule has 0 amide bonds. The number of Topliss-reactive ketones (excluding diaryl/α,β-unsaturated/α-hetero) is 1. The van der Waals surface area contributed by atoms with Gasteiger partial charge in [-0.3, -0.25) is 9.69 Å². The fraction of sp³-hybridized carbons (Fsp3) is 0.923. The highest BCUT2D eigenvalue weighted by atomic mass is 19.1. The fourth-order valence-corrected chi connectivity index (χ4v) is 3.07. The lowest BCUT2D eigenvalue weighted by Crippen LogP contribution is -2.47. The Kier molecular flexibility index (Phi) is 5.07. The molecule has 100 valence electrons. The third-order valence-electron chi connectivity index (χ3n) is 3.88. The summed E-state index contributed by atoms with van der Waals surface area (Å²) in [4.78, 5) is 13.6. The Bertz CT molecular complexity index is 272. The van der Waals surface area contributed by atoms with Crippen LogP contribution in [0.3, 0.4) is 0 Å². The van der Waals surface area contributed by atoms with E-state index in [9.17, 15) is 14.3 Å². The number of aliphatic hydroxyl groups is 1. The Morgan fingerprint density at radius 2 is 2.18 bits per heavy atom. The van der Waals surface area contributed by atoms with Crippen LogP contribution in [0.15, 0.2) is 0 Å². The topological polar surface area (TPSA) is 40.5 Å². The van der Waals surface area contributed by atoms with Gasteiger partial charge in [0.15, 0.2) is 0 Å². The Hall–Kier alpha value is -0.480. The van der Waals surface area contributed by atoms with Crippen molar-refractivity contribution in [3.8, 4) is 0 Å². The van der Waals surface area contributed by atoms with E-state index in [1.54, 1.807) is 0 Å². The molecular weight excluding hydrogens is 221 g/mol. The van der Waals surface area contributed by atoms with Crippen molar-refractivity contribution >= 4 is 5.78 Å². The molecule has 0 aromatic carbocycles. The summed E-state index contributed by atoms with van der Waals surface area (Å²) >= 11 is 0. The Labute approximate surface area is 103 Å². The average molecular weight is 245 g/mol. The van der Waals surface area contributed by atoms with Crippen molar-refractivity contribution < 1.29 is 14.3 Å². The molecule has 0 spiro atoms. The lowest BCUT2D eigenvalue weighted by molar-refractivity contribution is -0.124. The third-order valence-corrected chi connectivity index (χ3v) is 3.88. The van der Waals surface area contributed by atoms with Crippen molar-refractivity contribution in [2.45, 2.75) is 64.2 Å². The molecule has 0 aliphatic carbocycles. The van der Waals surface area contributed by atoms with Crippen molar-refractivity contribution in [2.75, 3.05) is 13.2 Å². The number of halogens is 1. The summed E-state index contributed by atoms with van der Waals surface area (Å²) in [5, 5.41) is 9.40. The van der Waals surface area contributed by atoms with E-state index in [1.807, 2.05) is 25.7 Å². The zero-order chi connectivity index (χ0) is 13.1. The third kappa shape index (κ3) is 2.52. The summed E-state index contributed by atoms with van der Waals surface area (Å²) in [5.74, 6) is 0.180. The molecule has 0 aromatic rings. The van der Waals surface area contributed by atoms with Gasteiger partial charge in [-0.25, -0.2) is 4.39 Å². The van der Waals surface area contributed by atoms with Gasteiger partial charge in [0.2, 0.25) is 0 Å². The standard InChI is InChI=1S/C11H18FNO2.C2H6/c1-2-10(15)9-3-4-11(7-14)5-8(12)6-13(9)11;1-2/h8-9,14H,2-7H2,1H3;1-2H3/t8-,9-,11+;/m1./s1. The molecule has 0 aromatic heterocycles. The number of aliphatic hydroxyl groups excluding tert-OH is 1. The minimum absolute atomic E-state index is 0.0269. The number of nitrogens with zero attached hydrogens (tertiary/aromatic N) is 1. The summed E-state index contributed by atoms with van der Waals surface area (Å²) in [6, 6.07) is -0.150. The second-order valence-corrected chi connectivity index (χ2v) is 4.71. The number of hydrogen-bond donors (Lipinski definition) is 1. The maximum Gasteiger partial charge on any atom is 0.149 e. The quantitative estimate of drug-likeness (QED) is 0.826. The highest BCUT2D eigenvalue weighted by Crippen LogP contribution is 2.43. The number of carbonyl (C=O) groups excluding carboxylic acids is 1. The van der Waals surface area contributed by atoms with Crippen LogP contribution in [0.25, 0.3) is 0 Å². The van der Waals surface area contributed by atoms with Gasteiger partial charge in [-0.2, -0.15) is 0 Å². The largest absolute Gasteiger partial charge is 0.394 e. The molecule has 0 radical (unpaired) electrons. The van der Waals surface area contributed by atoms with E-state index in [0.717, 1.165) is 12.8 Å². The van der Waals surface area contributed by atoms with Gasteiger partial charge in [0.25, 0.3) is 0 Å². The van der Waals surface area contributed by atoms with Gasteiger partial charge in [0.05, 0.1) is 12.6 Å². The molecule has 0 saturated carbocycles. The van der Waals surface area contributed by atoms with Crippen molar-refractivity contribution in [3.05, 3.63) is 0 Å². The predicted molar refractivity (Wildman–Crippen MR) is 65.7 cm³/mol. The van der Waals surface area contributed by atoms with Gasteiger partial charge in [-0.1, -0.05) is 20.8 Å². The van der Waals surface area contributed by atoms with Crippen LogP contribution in [-0.2, 0) is 4.79 Å². The van der Waals surface area contributed by atoms with Crippen LogP contribution in [0.1, 0.15) is 46.5 Å². The van der Waals surface area contributed by atoms with Crippen LogP contribution in [0.5, 0.6) is 0 Å². The van der Waals surface area contributed by atoms with Crippen molar-refractivity contribution in [1.82, 2.24) is 4.90 Å². The number of ketones is 1. The summed E-state index contributed by atoms with van der Waals surface area (Å²) in [6.07, 6.45) is 1.53. The molecular formula is C13H24FNO2. The van der Waals surface area contributed by atoms with Gasteiger partial charge in [-0.15, -0.1) is 0 Å². The summed E-state index contributed by atoms with van der Waals surface area (Å²) in [7, 11) is 0. The highest BCUT2D eigenvalue weighted by molar-refractivity contribution is 5.84. The Balaban J connectivity index is 0.000000686. The first kappa shape index (κ1) is 14.6. The summed E-state index contributed by atoms with van der Waals surface area (Å²) < 4.78 is 13.4. The molecule has 2 heterocycles. The maximum absolute atomic E-state index is 13.4. The molecule has 2 aliphatic heterocycles. The average Bonchev–Trinajstić information content (AvgIpc) is 2.85. The molecule has 3 nitrogen and oxygen atoms in total. The second-order valence-electron chi connectivity index (χ2n) is 4.71. The molecule has 2 saturated heterocycles. The van der Waals surface area contributed by atoms with Crippen LogP contribution in [-0.4, -0.2) is 46.7 Å². The van der Waals surface area contributed by atoms with E-state index in [2.05, 4.69) is 0 Å². The molecule has 2 fully saturated rings. The minimum Gasteiger partial charge on any atom is -0.394 e. The first-order valence-electron chi connectivity index (χ1n) is 6.67. The molecule has 4 heteroatoms. The molecule has 2 aliphatic rings. The first-order valence-corrected chi connectivity index (χ1v) is 6.67. The Morgan fingerprint density at radius 1 is 1.53 bits per heavy atom. The maximum atomic E-state index is 13.4. The summed E-state index contributed by atoms with van der Waals surface area (Å²) in [6.45, 7) is 6.13. The van der Waals surface area contributed by atoms with Gasteiger partial charge < -0.3 is 5.11 Å². The van der Waals surface area contributed by atoms with E-state index in [1.165, 1.54) is 0 Å². The Morgan fingerprint density at radius 3 is 2.71 bits per heavy atom. The van der Waals surface area contributed by atoms with Crippen molar-refractivity contribution in [1.29, 1.82) is 0 Å². The smallest absolute Gasteiger partial charge is 0.149 e. The van der Waals surface area contributed by atoms with E-state index in [0.29, 0.717) is 19.4 Å². The van der Waals surface area contributed by atoms with Crippen molar-refractivity contribution in [2.24, 2.45) is 0 Å². The molecule has 3 atom stereocenters. The van der Waals surface area contributed by atoms with Crippen LogP contribution in [0, 0.1) is 0 Å². The van der Waals surface area contributed by atoms with E-state index < -0.39 is 11.7 Å². The van der Waals surface area contributed by atoms with Gasteiger partial charge in [0.1, 0.15) is 12.0 Å². The van der Waals surface area contributed by atoms with E-state index in [-0.39, 0.29) is 18.4 Å². The molecule has 1 N–H and O–H groups in total. The van der Waals surface area contributed by atoms with Crippen molar-refractivity contribution in [3.63, 3.8) is 0 Å². The van der Waals surface area contributed by atoms with Crippen LogP contribution < -0.4 is 0 Å². The zero-order valence-corrected chi connectivity index (χ0v) is 11.1. The number of rotatable bonds is 3. The van der Waals surface area contributed by atoms with E-state index >= 15 is 0 Å². The number of hydrogen-bond acceptors (Lipinski definition) is 3. The van der Waals surface area contributed by atoms with Crippen LogP contribution in [0.2, 0.25) is 0 Å². The predicted octanol–water partition coefficient (Wildman–Crippen LogP) is 1.93. The molecule has 2 rings (SSSR count). The zero-order valence-electron chi connectivity index (χ0n) is 11.1. The monoisotopic (exact) mass is 245 g/mol. The number of alkyl halides is 1. The molecule has 0 unspecified atom stereocenters. The SMILES string of the molecule is CC.CCC(=O)[C@H]1CC[C@@]2(CO)C[C@@H](F)CN12. The van der Waals surface area contributed by atoms with Crippen LogP contribution in [0.4, 0.5) is 4.39 Å². The van der Waals surface area contributed by atoms with Gasteiger partial charge >= 0.3 is 0 Å². The lowest BCUT2D eigenvalue weighted by Gasteiger charge is -2.32. The van der Waals surface area contributed by atoms with Crippen LogP contribution >= 0.6 is 0 Å². The van der Waals surface area contributed by atoms with Gasteiger partial charge in [0, 0.05) is 24.9 Å². The molecule has 0 bridgehead atoms. The normalized spacial score (nSPS) is 36.3. The van der Waals surface area contributed by atoms with E-state index in [4.69, 9.17) is 0 Å². The first-order chi connectivity index (χ1) is 8.13. The summed E-state index contributed by atoms with van der Waals surface area (Å²) in [5.41, 5.74) is -0.436. The fourth-order valence-electron chi connectivity index (χ4n) is 3.07. The highest BCUT2D eigenvalue weighted by Gasteiger charge is 2.53. The minimum atomic E-state index is -0.885.